The lowest BCUT2D eigenvalue weighted by molar-refractivity contribution is -0.115. The van der Waals surface area contributed by atoms with Gasteiger partial charge in [0.2, 0.25) is 11.8 Å². The standard InChI is InChI=1S/C22H30N5O6S.Al/c1-4-8-23-22(29)33-16-7-5-6-14(9-16)17-12-19(27-26-17)25-20(28)10-15-11-21(32-2)24-13-18(15)34(3,30)31;/h7,11-14,16H,4-6,8-10H2,1-3H3,(H,23,29)(H2,25,26,27,28);/t14-,16?;/m0./s1. The molecule has 2 unspecified atom stereocenters. The number of nitrogens with one attached hydrogen (secondary N) is 3. The maximum Gasteiger partial charge on any atom is 0.407 e. The normalized spacial score (nSPS) is 20.1. The van der Waals surface area contributed by atoms with E-state index in [9.17, 15) is 18.0 Å². The van der Waals surface area contributed by atoms with Crippen LogP contribution in [0.5, 0.6) is 5.88 Å². The number of carbonyl (C=O) groups excluding carboxylic acids is 2. The summed E-state index contributed by atoms with van der Waals surface area (Å²) >= 11 is 2.76. The van der Waals surface area contributed by atoms with E-state index >= 15 is 0 Å². The van der Waals surface area contributed by atoms with Crippen LogP contribution in [0, 0.1) is 0 Å². The van der Waals surface area contributed by atoms with Gasteiger partial charge >= 0.3 is 6.09 Å². The molecule has 0 aliphatic heterocycles. The number of aromatic nitrogens is 3. The third-order valence-corrected chi connectivity index (χ3v) is 7.74. The fraction of sp³-hybridized carbons (Fsp3) is 0.545. The molecule has 1 saturated carbocycles. The minimum atomic E-state index is -3.57. The average molecular weight is 520 g/mol. The molecule has 0 bridgehead atoms. The Labute approximate surface area is 213 Å². The van der Waals surface area contributed by atoms with E-state index in [0.717, 1.165) is 31.2 Å². The van der Waals surface area contributed by atoms with Crippen molar-refractivity contribution in [2.24, 2.45) is 0 Å². The zero-order valence-corrected chi connectivity index (χ0v) is 22.0. The lowest BCUT2D eigenvalue weighted by Gasteiger charge is -2.34. The third kappa shape index (κ3) is 7.43. The van der Waals surface area contributed by atoms with Gasteiger partial charge in [0.1, 0.15) is 16.3 Å². The van der Waals surface area contributed by atoms with Gasteiger partial charge in [-0.25, -0.2) is 18.2 Å². The van der Waals surface area contributed by atoms with Crippen LogP contribution in [0.15, 0.2) is 23.2 Å². The molecular weight excluding hydrogens is 489 g/mol. The lowest BCUT2D eigenvalue weighted by Crippen LogP contribution is -2.35. The van der Waals surface area contributed by atoms with Gasteiger partial charge in [0.25, 0.3) is 0 Å². The van der Waals surface area contributed by atoms with Crippen molar-refractivity contribution >= 4 is 43.9 Å². The minimum absolute atomic E-state index is 0.0284. The predicted molar refractivity (Wildman–Crippen MR) is 129 cm³/mol. The Kier molecular flexibility index (Phi) is 9.16. The van der Waals surface area contributed by atoms with Gasteiger partial charge in [-0.15, -0.1) is 0 Å². The Morgan fingerprint density at radius 2 is 2.06 bits per heavy atom. The molecule has 1 aliphatic rings. The number of aromatic amines is 1. The largest absolute Gasteiger partial charge is 0.481 e. The summed E-state index contributed by atoms with van der Waals surface area (Å²) in [5.41, 5.74) is 1.12. The van der Waals surface area contributed by atoms with E-state index in [4.69, 9.17) is 9.47 Å². The summed E-state index contributed by atoms with van der Waals surface area (Å²) in [6.07, 6.45) is 4.62. The number of H-pyrrole nitrogens is 1. The SMILES string of the molecule is CCCNC(=O)OC1C[C@@H](c2cc(NC(=O)Cc3cc(OC)ncc3S(C)(=O)=O)n[nH]2)CC[CH]1[Al]. The van der Waals surface area contributed by atoms with Crippen LogP contribution >= 0.6 is 0 Å². The number of alkyl carbamates (subject to hydrolysis) is 1. The van der Waals surface area contributed by atoms with Gasteiger partial charge in [-0.2, -0.15) is 5.10 Å². The number of carbonyl (C=O) groups is 2. The maximum atomic E-state index is 12.7. The Morgan fingerprint density at radius 1 is 1.29 bits per heavy atom. The van der Waals surface area contributed by atoms with E-state index in [-0.39, 0.29) is 39.6 Å². The molecule has 3 rings (SSSR count). The van der Waals surface area contributed by atoms with Crippen LogP contribution in [0.25, 0.3) is 0 Å². The van der Waals surface area contributed by atoms with Gasteiger partial charge < -0.3 is 20.1 Å². The van der Waals surface area contributed by atoms with E-state index < -0.39 is 21.8 Å². The second-order valence-corrected chi connectivity index (χ2v) is 11.4. The average Bonchev–Trinajstić information content (AvgIpc) is 3.26. The van der Waals surface area contributed by atoms with E-state index in [2.05, 4.69) is 42.1 Å². The summed E-state index contributed by atoms with van der Waals surface area (Å²) in [5.74, 6) is 0.212. The van der Waals surface area contributed by atoms with Crippen molar-refractivity contribution < 1.29 is 27.5 Å². The zero-order chi connectivity index (χ0) is 25.6. The number of rotatable bonds is 9. The molecular formula is C22H30AlN5O6S. The van der Waals surface area contributed by atoms with Gasteiger partial charge in [0.15, 0.2) is 15.7 Å². The van der Waals surface area contributed by atoms with E-state index in [1.54, 1.807) is 6.07 Å². The molecule has 2 heterocycles. The van der Waals surface area contributed by atoms with Crippen LogP contribution in [-0.4, -0.2) is 77.9 Å². The molecule has 11 nitrogen and oxygen atoms in total. The van der Waals surface area contributed by atoms with Crippen LogP contribution in [0.1, 0.15) is 49.8 Å². The zero-order valence-electron chi connectivity index (χ0n) is 20.0. The second-order valence-electron chi connectivity index (χ2n) is 8.58. The van der Waals surface area contributed by atoms with Gasteiger partial charge in [-0.1, -0.05) is 18.1 Å². The van der Waals surface area contributed by atoms with E-state index in [1.807, 2.05) is 6.92 Å². The molecule has 3 N–H and O–H groups in total. The molecule has 13 heteroatoms. The molecule has 35 heavy (non-hydrogen) atoms. The van der Waals surface area contributed by atoms with Crippen molar-refractivity contribution in [1.29, 1.82) is 0 Å². The van der Waals surface area contributed by atoms with Crippen LogP contribution in [0.2, 0.25) is 4.78 Å². The van der Waals surface area contributed by atoms with Gasteiger partial charge in [0.05, 0.1) is 24.5 Å². The van der Waals surface area contributed by atoms with Gasteiger partial charge in [0, 0.05) is 42.7 Å². The summed E-state index contributed by atoms with van der Waals surface area (Å²) in [5, 5.41) is 12.6. The van der Waals surface area contributed by atoms with Crippen molar-refractivity contribution in [1.82, 2.24) is 20.5 Å². The quantitative estimate of drug-likeness (QED) is 0.426. The number of methoxy groups -OCH3 is 1. The number of sulfone groups is 1. The fourth-order valence-electron chi connectivity index (χ4n) is 3.99. The van der Waals surface area contributed by atoms with Crippen molar-refractivity contribution in [2.45, 2.75) is 60.7 Å². The molecule has 2 radical (unpaired) electrons. The Bertz CT molecular complexity index is 1150. The Hall–Kier alpha value is -2.62. The number of ether oxygens (including phenoxy) is 2. The van der Waals surface area contributed by atoms with Crippen LogP contribution in [0.3, 0.4) is 0 Å². The first-order valence-corrected chi connectivity index (χ1v) is 13.9. The number of pyridine rings is 1. The van der Waals surface area contributed by atoms with Crippen LogP contribution < -0.4 is 15.4 Å². The first-order valence-electron chi connectivity index (χ1n) is 11.4. The molecule has 0 saturated heterocycles. The number of nitrogens with zero attached hydrogens (tertiary/aromatic N) is 2. The number of hydrogen-bond acceptors (Lipinski definition) is 8. The van der Waals surface area contributed by atoms with E-state index in [1.165, 1.54) is 19.4 Å². The third-order valence-electron chi connectivity index (χ3n) is 5.81. The highest BCUT2D eigenvalue weighted by Gasteiger charge is 2.31. The van der Waals surface area contributed by atoms with Crippen molar-refractivity contribution in [3.05, 3.63) is 29.6 Å². The summed E-state index contributed by atoms with van der Waals surface area (Å²) in [6.45, 7) is 2.54. The highest BCUT2D eigenvalue weighted by molar-refractivity contribution is 7.90. The number of hydrogen-bond donors (Lipinski definition) is 3. The minimum Gasteiger partial charge on any atom is -0.481 e. The van der Waals surface area contributed by atoms with E-state index in [0.29, 0.717) is 18.8 Å². The Morgan fingerprint density at radius 3 is 2.74 bits per heavy atom. The highest BCUT2D eigenvalue weighted by atomic mass is 32.2. The second kappa shape index (κ2) is 11.9. The summed E-state index contributed by atoms with van der Waals surface area (Å²) in [4.78, 5) is 28.6. The molecule has 1 fully saturated rings. The number of anilines is 1. The van der Waals surface area contributed by atoms with Crippen LogP contribution in [0.4, 0.5) is 10.6 Å². The van der Waals surface area contributed by atoms with Gasteiger partial charge in [-0.3, -0.25) is 9.89 Å². The van der Waals surface area contributed by atoms with Crippen molar-refractivity contribution in [2.75, 3.05) is 25.2 Å². The summed E-state index contributed by atoms with van der Waals surface area (Å²) < 4.78 is 35.0. The summed E-state index contributed by atoms with van der Waals surface area (Å²) in [7, 11) is -2.16. The van der Waals surface area contributed by atoms with Crippen molar-refractivity contribution in [3.63, 3.8) is 0 Å². The highest BCUT2D eigenvalue weighted by Crippen LogP contribution is 2.38. The van der Waals surface area contributed by atoms with Crippen LogP contribution in [-0.2, 0) is 25.8 Å². The first-order chi connectivity index (χ1) is 16.6. The smallest absolute Gasteiger partial charge is 0.407 e. The molecule has 2 amide bonds. The molecule has 0 aromatic carbocycles. The molecule has 2 aromatic heterocycles. The molecule has 188 valence electrons. The first kappa shape index (κ1) is 27.0. The number of amides is 2. The van der Waals surface area contributed by atoms with Gasteiger partial charge in [-0.05, 0) is 24.8 Å². The van der Waals surface area contributed by atoms with Crippen molar-refractivity contribution in [3.8, 4) is 5.88 Å². The lowest BCUT2D eigenvalue weighted by atomic mass is 9.84. The Balaban J connectivity index is 1.64. The molecule has 2 aromatic rings. The topological polar surface area (TPSA) is 152 Å². The summed E-state index contributed by atoms with van der Waals surface area (Å²) in [6, 6.07) is 3.19. The fourth-order valence-corrected chi connectivity index (χ4v) is 5.27. The predicted octanol–water partition coefficient (Wildman–Crippen LogP) is 2.13. The molecule has 0 spiro atoms. The maximum absolute atomic E-state index is 12.7. The monoisotopic (exact) mass is 519 g/mol. The molecule has 1 aliphatic carbocycles. The molecule has 3 atom stereocenters.